The summed E-state index contributed by atoms with van der Waals surface area (Å²) in [6.07, 6.45) is 0. The van der Waals surface area contributed by atoms with Crippen LogP contribution in [-0.4, -0.2) is 60.5 Å². The molecule has 114 valence electrons. The molecule has 21 heavy (non-hydrogen) atoms. The number of nitrogens with zero attached hydrogens (tertiary/aromatic N) is 2. The second kappa shape index (κ2) is 7.06. The minimum Gasteiger partial charge on any atom is -0.484 e. The number of rotatable bonds is 4. The van der Waals surface area contributed by atoms with E-state index >= 15 is 0 Å². The highest BCUT2D eigenvalue weighted by Gasteiger charge is 2.19. The molecular weight excluding hydrogens is 310 g/mol. The fourth-order valence-electron chi connectivity index (χ4n) is 2.08. The Balaban J connectivity index is 1.89. The molecule has 2 rings (SSSR count). The number of thiocarbonyl (C=S) groups is 1. The predicted octanol–water partition coefficient (Wildman–Crippen LogP) is 1.13. The van der Waals surface area contributed by atoms with Crippen LogP contribution in [-0.2, 0) is 4.79 Å². The first-order valence-corrected chi connectivity index (χ1v) is 7.44. The molecule has 0 unspecified atom stereocenters. The van der Waals surface area contributed by atoms with E-state index in [4.69, 9.17) is 34.3 Å². The SMILES string of the molecule is CN1CCN(C(=O)COc2ccc(C(N)=S)c(Cl)c2)CC1. The number of hydrogen-bond donors (Lipinski definition) is 1. The lowest BCUT2D eigenvalue weighted by atomic mass is 10.2. The molecule has 0 saturated carbocycles. The third-order valence-electron chi connectivity index (χ3n) is 3.42. The van der Waals surface area contributed by atoms with Gasteiger partial charge in [-0.25, -0.2) is 0 Å². The number of likely N-dealkylation sites (N-methyl/N-ethyl adjacent to an activating group) is 1. The molecule has 0 spiro atoms. The highest BCUT2D eigenvalue weighted by molar-refractivity contribution is 7.80. The molecule has 1 aromatic carbocycles. The lowest BCUT2D eigenvalue weighted by molar-refractivity contribution is -0.134. The average molecular weight is 328 g/mol. The Bertz CT molecular complexity index is 545. The Kier molecular flexibility index (Phi) is 5.39. The lowest BCUT2D eigenvalue weighted by Gasteiger charge is -2.32. The van der Waals surface area contributed by atoms with Crippen molar-refractivity contribution in [2.24, 2.45) is 5.73 Å². The third kappa shape index (κ3) is 4.30. The summed E-state index contributed by atoms with van der Waals surface area (Å²) in [6.45, 7) is 3.26. The molecular formula is C14H18ClN3O2S. The maximum absolute atomic E-state index is 12.0. The Hall–Kier alpha value is -1.37. The van der Waals surface area contributed by atoms with Gasteiger partial charge in [0.25, 0.3) is 5.91 Å². The van der Waals surface area contributed by atoms with Gasteiger partial charge in [-0.2, -0.15) is 0 Å². The topological polar surface area (TPSA) is 58.8 Å². The fourth-order valence-corrected chi connectivity index (χ4v) is 2.58. The second-order valence-corrected chi connectivity index (χ2v) is 5.83. The number of halogens is 1. The van der Waals surface area contributed by atoms with Crippen molar-refractivity contribution < 1.29 is 9.53 Å². The van der Waals surface area contributed by atoms with Crippen LogP contribution in [0, 0.1) is 0 Å². The van der Waals surface area contributed by atoms with Crippen LogP contribution in [0.25, 0.3) is 0 Å². The van der Waals surface area contributed by atoms with E-state index < -0.39 is 0 Å². The van der Waals surface area contributed by atoms with Crippen molar-refractivity contribution in [2.75, 3.05) is 39.8 Å². The first-order valence-electron chi connectivity index (χ1n) is 6.66. The van der Waals surface area contributed by atoms with Crippen LogP contribution < -0.4 is 10.5 Å². The van der Waals surface area contributed by atoms with E-state index in [0.717, 1.165) is 26.2 Å². The zero-order valence-corrected chi connectivity index (χ0v) is 13.4. The molecule has 0 aromatic heterocycles. The van der Waals surface area contributed by atoms with Gasteiger partial charge in [0.15, 0.2) is 6.61 Å². The standard InChI is InChI=1S/C14H18ClN3O2S/c1-17-4-6-18(7-5-17)13(19)9-20-10-2-3-11(14(16)21)12(15)8-10/h2-3,8H,4-7,9H2,1H3,(H2,16,21). The predicted molar refractivity (Wildman–Crippen MR) is 86.9 cm³/mol. The van der Waals surface area contributed by atoms with E-state index in [1.54, 1.807) is 18.2 Å². The molecule has 0 aliphatic carbocycles. The highest BCUT2D eigenvalue weighted by atomic mass is 35.5. The van der Waals surface area contributed by atoms with Crippen LogP contribution in [0.15, 0.2) is 18.2 Å². The summed E-state index contributed by atoms with van der Waals surface area (Å²) in [5.74, 6) is 0.514. The number of hydrogen-bond acceptors (Lipinski definition) is 4. The molecule has 1 fully saturated rings. The Morgan fingerprint density at radius 1 is 1.38 bits per heavy atom. The lowest BCUT2D eigenvalue weighted by Crippen LogP contribution is -2.48. The van der Waals surface area contributed by atoms with Gasteiger partial charge in [-0.05, 0) is 25.2 Å². The molecule has 1 amide bonds. The molecule has 5 nitrogen and oxygen atoms in total. The van der Waals surface area contributed by atoms with Gasteiger partial charge in [0.05, 0.1) is 5.02 Å². The molecule has 0 bridgehead atoms. The van der Waals surface area contributed by atoms with Crippen molar-refractivity contribution in [1.82, 2.24) is 9.80 Å². The Morgan fingerprint density at radius 3 is 2.62 bits per heavy atom. The number of benzene rings is 1. The fraction of sp³-hybridized carbons (Fsp3) is 0.429. The van der Waals surface area contributed by atoms with E-state index in [-0.39, 0.29) is 17.5 Å². The van der Waals surface area contributed by atoms with E-state index in [1.165, 1.54) is 0 Å². The average Bonchev–Trinajstić information content (AvgIpc) is 2.45. The Morgan fingerprint density at radius 2 is 2.05 bits per heavy atom. The zero-order valence-electron chi connectivity index (χ0n) is 11.8. The zero-order chi connectivity index (χ0) is 15.4. The number of carbonyl (C=O) groups is 1. The quantitative estimate of drug-likeness (QED) is 0.840. The van der Waals surface area contributed by atoms with Crippen molar-refractivity contribution in [1.29, 1.82) is 0 Å². The summed E-state index contributed by atoms with van der Waals surface area (Å²) in [5.41, 5.74) is 6.14. The van der Waals surface area contributed by atoms with Gasteiger partial charge < -0.3 is 20.3 Å². The van der Waals surface area contributed by atoms with Crippen molar-refractivity contribution in [3.63, 3.8) is 0 Å². The van der Waals surface area contributed by atoms with Crippen LogP contribution >= 0.6 is 23.8 Å². The first kappa shape index (κ1) is 16.0. The van der Waals surface area contributed by atoms with Gasteiger partial charge in [0.2, 0.25) is 0 Å². The second-order valence-electron chi connectivity index (χ2n) is 4.98. The van der Waals surface area contributed by atoms with Crippen LogP contribution in [0.1, 0.15) is 5.56 Å². The summed E-state index contributed by atoms with van der Waals surface area (Å²) in [4.78, 5) is 16.3. The van der Waals surface area contributed by atoms with E-state index in [0.29, 0.717) is 16.3 Å². The van der Waals surface area contributed by atoms with Crippen LogP contribution in [0.3, 0.4) is 0 Å². The van der Waals surface area contributed by atoms with Crippen molar-refractivity contribution in [3.05, 3.63) is 28.8 Å². The van der Waals surface area contributed by atoms with Crippen molar-refractivity contribution >= 4 is 34.7 Å². The number of carbonyl (C=O) groups excluding carboxylic acids is 1. The van der Waals surface area contributed by atoms with E-state index in [1.807, 2.05) is 11.9 Å². The van der Waals surface area contributed by atoms with Crippen molar-refractivity contribution in [2.45, 2.75) is 0 Å². The first-order chi connectivity index (χ1) is 9.97. The molecule has 1 saturated heterocycles. The maximum atomic E-state index is 12.0. The van der Waals surface area contributed by atoms with Crippen molar-refractivity contribution in [3.8, 4) is 5.75 Å². The van der Waals surface area contributed by atoms with Gasteiger partial charge >= 0.3 is 0 Å². The third-order valence-corrected chi connectivity index (χ3v) is 3.96. The number of nitrogens with two attached hydrogens (primary N) is 1. The molecule has 2 N–H and O–H groups in total. The smallest absolute Gasteiger partial charge is 0.260 e. The molecule has 1 heterocycles. The number of amides is 1. The van der Waals surface area contributed by atoms with Crippen LogP contribution in [0.4, 0.5) is 0 Å². The summed E-state index contributed by atoms with van der Waals surface area (Å²) < 4.78 is 5.49. The molecule has 0 radical (unpaired) electrons. The molecule has 1 aliphatic heterocycles. The van der Waals surface area contributed by atoms with Gasteiger partial charge in [0, 0.05) is 31.7 Å². The molecule has 1 aliphatic rings. The minimum atomic E-state index is -0.0161. The van der Waals surface area contributed by atoms with Gasteiger partial charge in [-0.15, -0.1) is 0 Å². The largest absolute Gasteiger partial charge is 0.484 e. The summed E-state index contributed by atoms with van der Waals surface area (Å²) in [6, 6.07) is 5.02. The summed E-state index contributed by atoms with van der Waals surface area (Å²) in [7, 11) is 2.05. The summed E-state index contributed by atoms with van der Waals surface area (Å²) in [5, 5.41) is 0.423. The monoisotopic (exact) mass is 327 g/mol. The molecule has 0 atom stereocenters. The molecule has 1 aromatic rings. The Labute approximate surface area is 134 Å². The normalized spacial score (nSPS) is 15.8. The van der Waals surface area contributed by atoms with E-state index in [2.05, 4.69) is 4.90 Å². The van der Waals surface area contributed by atoms with Crippen LogP contribution in [0.5, 0.6) is 5.75 Å². The maximum Gasteiger partial charge on any atom is 0.260 e. The molecule has 7 heteroatoms. The van der Waals surface area contributed by atoms with Gasteiger partial charge in [0.1, 0.15) is 10.7 Å². The van der Waals surface area contributed by atoms with Gasteiger partial charge in [-0.1, -0.05) is 23.8 Å². The number of piperazine rings is 1. The van der Waals surface area contributed by atoms with Gasteiger partial charge in [-0.3, -0.25) is 4.79 Å². The van der Waals surface area contributed by atoms with E-state index in [9.17, 15) is 4.79 Å². The number of ether oxygens (including phenoxy) is 1. The van der Waals surface area contributed by atoms with Crippen LogP contribution in [0.2, 0.25) is 5.02 Å². The summed E-state index contributed by atoms with van der Waals surface area (Å²) >= 11 is 10.9. The highest BCUT2D eigenvalue weighted by Crippen LogP contribution is 2.22. The minimum absolute atomic E-state index is 0.00641.